The molecule has 2 atom stereocenters. The molecule has 1 aliphatic heterocycles. The summed E-state index contributed by atoms with van der Waals surface area (Å²) >= 11 is 0. The third-order valence-corrected chi connectivity index (χ3v) is 3.88. The molecule has 2 aromatic rings. The lowest BCUT2D eigenvalue weighted by Crippen LogP contribution is -2.20. The number of hydrogen-bond acceptors (Lipinski definition) is 2. The zero-order valence-corrected chi connectivity index (χ0v) is 11.1. The highest BCUT2D eigenvalue weighted by Gasteiger charge is 2.43. The summed E-state index contributed by atoms with van der Waals surface area (Å²) < 4.78 is 12.1. The smallest absolute Gasteiger partial charge is 0.164 e. The van der Waals surface area contributed by atoms with Crippen LogP contribution < -0.4 is 0 Å². The molecule has 19 heavy (non-hydrogen) atoms. The minimum absolute atomic E-state index is 0.00102. The van der Waals surface area contributed by atoms with E-state index >= 15 is 0 Å². The van der Waals surface area contributed by atoms with Gasteiger partial charge in [-0.1, -0.05) is 48.6 Å². The number of fused-ring (bicyclic) bond motifs is 5. The summed E-state index contributed by atoms with van der Waals surface area (Å²) in [6.07, 6.45) is 4.28. The van der Waals surface area contributed by atoms with Gasteiger partial charge in [-0.05, 0) is 35.7 Å². The Morgan fingerprint density at radius 2 is 1.84 bits per heavy atom. The Balaban J connectivity index is 1.97. The van der Waals surface area contributed by atoms with Crippen molar-refractivity contribution in [3.05, 3.63) is 53.6 Å². The molecule has 0 radical (unpaired) electrons. The van der Waals surface area contributed by atoms with E-state index in [0.717, 1.165) is 0 Å². The highest BCUT2D eigenvalue weighted by atomic mass is 16.7. The molecular weight excluding hydrogens is 236 g/mol. The van der Waals surface area contributed by atoms with Crippen LogP contribution in [0.4, 0.5) is 0 Å². The number of ether oxygens (including phenoxy) is 2. The highest BCUT2D eigenvalue weighted by Crippen LogP contribution is 2.45. The van der Waals surface area contributed by atoms with Crippen molar-refractivity contribution in [2.24, 2.45) is 0 Å². The third-order valence-electron chi connectivity index (χ3n) is 3.88. The van der Waals surface area contributed by atoms with Crippen molar-refractivity contribution < 1.29 is 9.47 Å². The van der Waals surface area contributed by atoms with Gasteiger partial charge in [0.15, 0.2) is 5.79 Å². The van der Waals surface area contributed by atoms with E-state index in [1.54, 1.807) is 0 Å². The number of rotatable bonds is 0. The zero-order valence-electron chi connectivity index (χ0n) is 11.1. The molecule has 0 spiro atoms. The number of benzene rings is 2. The Bertz CT molecular complexity index is 685. The largest absolute Gasteiger partial charge is 0.340 e. The van der Waals surface area contributed by atoms with E-state index in [1.807, 2.05) is 13.8 Å². The Morgan fingerprint density at radius 1 is 1.00 bits per heavy atom. The summed E-state index contributed by atoms with van der Waals surface area (Å²) in [5, 5.41) is 2.52. The molecule has 1 heterocycles. The summed E-state index contributed by atoms with van der Waals surface area (Å²) in [6.45, 7) is 3.95. The monoisotopic (exact) mass is 252 g/mol. The Morgan fingerprint density at radius 3 is 2.74 bits per heavy atom. The third kappa shape index (κ3) is 1.64. The Kier molecular flexibility index (Phi) is 2.17. The summed E-state index contributed by atoms with van der Waals surface area (Å²) in [4.78, 5) is 0. The highest BCUT2D eigenvalue weighted by molar-refractivity contribution is 5.90. The first-order valence-corrected chi connectivity index (χ1v) is 6.70. The fraction of sp³-hybridized carbons (Fsp3) is 0.294. The van der Waals surface area contributed by atoms with Crippen LogP contribution in [0.3, 0.4) is 0 Å². The van der Waals surface area contributed by atoms with Crippen LogP contribution in [-0.4, -0.2) is 11.9 Å². The normalized spacial score (nSPS) is 27.3. The Hall–Kier alpha value is -1.64. The van der Waals surface area contributed by atoms with Crippen LogP contribution in [0, 0.1) is 0 Å². The lowest BCUT2D eigenvalue weighted by molar-refractivity contribution is -0.143. The van der Waals surface area contributed by atoms with Gasteiger partial charge in [0.1, 0.15) is 12.2 Å². The molecule has 0 aromatic heterocycles. The van der Waals surface area contributed by atoms with Crippen molar-refractivity contribution in [2.45, 2.75) is 31.8 Å². The van der Waals surface area contributed by atoms with Gasteiger partial charge >= 0.3 is 0 Å². The van der Waals surface area contributed by atoms with Gasteiger partial charge in [-0.3, -0.25) is 0 Å². The SMILES string of the molecule is CC1(C)O[C@H]2C=Cc3ccc4ccccc4c3[C@H]2O1. The quantitative estimate of drug-likeness (QED) is 0.704. The van der Waals surface area contributed by atoms with Gasteiger partial charge in [-0.15, -0.1) is 0 Å². The van der Waals surface area contributed by atoms with E-state index in [2.05, 4.69) is 48.6 Å². The predicted molar refractivity (Wildman–Crippen MR) is 75.8 cm³/mol. The first kappa shape index (κ1) is 11.2. The molecule has 1 saturated heterocycles. The average molecular weight is 252 g/mol. The van der Waals surface area contributed by atoms with Gasteiger partial charge in [-0.25, -0.2) is 0 Å². The van der Waals surface area contributed by atoms with Crippen molar-refractivity contribution in [3.63, 3.8) is 0 Å². The molecule has 1 fully saturated rings. The van der Waals surface area contributed by atoms with E-state index < -0.39 is 5.79 Å². The number of hydrogen-bond donors (Lipinski definition) is 0. The molecule has 2 nitrogen and oxygen atoms in total. The van der Waals surface area contributed by atoms with Crippen molar-refractivity contribution in [2.75, 3.05) is 0 Å². The van der Waals surface area contributed by atoms with Crippen LogP contribution in [0.15, 0.2) is 42.5 Å². The van der Waals surface area contributed by atoms with Gasteiger partial charge in [0, 0.05) is 0 Å². The van der Waals surface area contributed by atoms with E-state index in [1.165, 1.54) is 21.9 Å². The topological polar surface area (TPSA) is 18.5 Å². The predicted octanol–water partition coefficient (Wildman–Crippen LogP) is 4.06. The van der Waals surface area contributed by atoms with Gasteiger partial charge in [0.2, 0.25) is 0 Å². The average Bonchev–Trinajstić information content (AvgIpc) is 2.72. The fourth-order valence-electron chi connectivity index (χ4n) is 3.13. The summed E-state index contributed by atoms with van der Waals surface area (Å²) in [7, 11) is 0. The van der Waals surface area contributed by atoms with E-state index in [9.17, 15) is 0 Å². The molecule has 4 rings (SSSR count). The van der Waals surface area contributed by atoms with Crippen molar-refractivity contribution in [1.29, 1.82) is 0 Å². The van der Waals surface area contributed by atoms with Crippen molar-refractivity contribution in [3.8, 4) is 0 Å². The molecule has 0 N–H and O–H groups in total. The summed E-state index contributed by atoms with van der Waals surface area (Å²) in [5.74, 6) is -0.516. The van der Waals surface area contributed by atoms with Gasteiger partial charge in [0.05, 0.1) is 0 Å². The molecule has 2 heteroatoms. The maximum Gasteiger partial charge on any atom is 0.164 e. The van der Waals surface area contributed by atoms with Crippen LogP contribution in [-0.2, 0) is 9.47 Å². The summed E-state index contributed by atoms with van der Waals surface area (Å²) in [5.41, 5.74) is 2.50. The second-order valence-corrected chi connectivity index (χ2v) is 5.67. The Labute approximate surface area is 112 Å². The van der Waals surface area contributed by atoms with E-state index in [-0.39, 0.29) is 12.2 Å². The fourth-order valence-corrected chi connectivity index (χ4v) is 3.13. The van der Waals surface area contributed by atoms with E-state index in [0.29, 0.717) is 0 Å². The maximum atomic E-state index is 6.11. The molecule has 0 saturated carbocycles. The molecule has 0 unspecified atom stereocenters. The van der Waals surface area contributed by atoms with Crippen LogP contribution in [0.25, 0.3) is 16.8 Å². The van der Waals surface area contributed by atoms with Gasteiger partial charge < -0.3 is 9.47 Å². The van der Waals surface area contributed by atoms with Crippen molar-refractivity contribution in [1.82, 2.24) is 0 Å². The van der Waals surface area contributed by atoms with Crippen LogP contribution in [0.2, 0.25) is 0 Å². The molecule has 2 aliphatic rings. The molecule has 0 bridgehead atoms. The minimum atomic E-state index is -0.516. The molecular formula is C17H16O2. The first-order valence-electron chi connectivity index (χ1n) is 6.70. The standard InChI is InChI=1S/C17H16O2/c1-17(2)18-14-10-9-12-8-7-11-5-3-4-6-13(11)15(12)16(14)19-17/h3-10,14,16H,1-2H3/t14-,16-/m0/s1. The molecule has 0 amide bonds. The van der Waals surface area contributed by atoms with Crippen molar-refractivity contribution >= 4 is 16.8 Å². The van der Waals surface area contributed by atoms with Crippen LogP contribution >= 0.6 is 0 Å². The van der Waals surface area contributed by atoms with Crippen LogP contribution in [0.1, 0.15) is 31.1 Å². The molecule has 2 aromatic carbocycles. The maximum absolute atomic E-state index is 6.11. The minimum Gasteiger partial charge on any atom is -0.340 e. The second kappa shape index (κ2) is 3.69. The van der Waals surface area contributed by atoms with Gasteiger partial charge in [0.25, 0.3) is 0 Å². The zero-order chi connectivity index (χ0) is 13.0. The lowest BCUT2D eigenvalue weighted by atomic mass is 9.88. The summed E-state index contributed by atoms with van der Waals surface area (Å²) in [6, 6.07) is 12.8. The van der Waals surface area contributed by atoms with Crippen LogP contribution in [0.5, 0.6) is 0 Å². The second-order valence-electron chi connectivity index (χ2n) is 5.67. The lowest BCUT2D eigenvalue weighted by Gasteiger charge is -2.23. The van der Waals surface area contributed by atoms with Gasteiger partial charge in [-0.2, -0.15) is 0 Å². The molecule has 96 valence electrons. The molecule has 1 aliphatic carbocycles. The van der Waals surface area contributed by atoms with E-state index in [4.69, 9.17) is 9.47 Å². The first-order chi connectivity index (χ1) is 9.14.